The van der Waals surface area contributed by atoms with Gasteiger partial charge in [-0.2, -0.15) is 5.10 Å². The highest BCUT2D eigenvalue weighted by molar-refractivity contribution is 7.98. The topological polar surface area (TPSA) is 44.1 Å². The van der Waals surface area contributed by atoms with Gasteiger partial charge in [-0.3, -0.25) is 9.48 Å². The lowest BCUT2D eigenvalue weighted by atomic mass is 10.1. The summed E-state index contributed by atoms with van der Waals surface area (Å²) < 4.78 is 6.98. The molecule has 0 saturated carbocycles. The fraction of sp³-hybridized carbons (Fsp3) is 0.250. The van der Waals surface area contributed by atoms with Gasteiger partial charge in [0, 0.05) is 18.1 Å². The minimum Gasteiger partial charge on any atom is -0.496 e. The van der Waals surface area contributed by atoms with Crippen molar-refractivity contribution < 1.29 is 9.53 Å². The monoisotopic (exact) mass is 302 g/mol. The first-order valence-electron chi connectivity index (χ1n) is 6.50. The molecule has 0 radical (unpaired) electrons. The van der Waals surface area contributed by atoms with Gasteiger partial charge in [0.1, 0.15) is 5.75 Å². The largest absolute Gasteiger partial charge is 0.496 e. The van der Waals surface area contributed by atoms with Crippen molar-refractivity contribution in [3.63, 3.8) is 0 Å². The number of carbonyl (C=O) groups is 1. The van der Waals surface area contributed by atoms with E-state index in [4.69, 9.17) is 4.74 Å². The Hall–Kier alpha value is -2.01. The van der Waals surface area contributed by atoms with Crippen LogP contribution in [0.15, 0.2) is 35.4 Å². The number of carbonyl (C=O) groups excluding carboxylic acids is 1. The van der Waals surface area contributed by atoms with Gasteiger partial charge >= 0.3 is 0 Å². The number of methoxy groups -OCH3 is 1. The molecule has 110 valence electrons. The average Bonchev–Trinajstić information content (AvgIpc) is 2.83. The van der Waals surface area contributed by atoms with Crippen molar-refractivity contribution in [2.24, 2.45) is 7.05 Å². The van der Waals surface area contributed by atoms with Crippen molar-refractivity contribution in [1.29, 1.82) is 0 Å². The summed E-state index contributed by atoms with van der Waals surface area (Å²) in [6.45, 7) is 1.83. The van der Waals surface area contributed by atoms with Crippen molar-refractivity contribution >= 4 is 23.6 Å². The number of aryl methyl sites for hydroxylation is 2. The molecule has 1 aromatic heterocycles. The van der Waals surface area contributed by atoms with Gasteiger partial charge in [-0.25, -0.2) is 0 Å². The molecule has 0 aliphatic heterocycles. The van der Waals surface area contributed by atoms with Crippen LogP contribution >= 0.6 is 11.8 Å². The van der Waals surface area contributed by atoms with Crippen molar-refractivity contribution in [1.82, 2.24) is 9.78 Å². The van der Waals surface area contributed by atoms with E-state index in [2.05, 4.69) is 5.10 Å². The normalized spacial score (nSPS) is 11.0. The number of ketones is 1. The predicted molar refractivity (Wildman–Crippen MR) is 86.1 cm³/mol. The highest BCUT2D eigenvalue weighted by atomic mass is 32.2. The summed E-state index contributed by atoms with van der Waals surface area (Å²) in [6, 6.07) is 5.88. The van der Waals surface area contributed by atoms with Crippen LogP contribution in [0.5, 0.6) is 5.75 Å². The summed E-state index contributed by atoms with van der Waals surface area (Å²) in [7, 11) is 3.45. The molecule has 0 saturated heterocycles. The first kappa shape index (κ1) is 15.4. The Morgan fingerprint density at radius 2 is 2.19 bits per heavy atom. The summed E-state index contributed by atoms with van der Waals surface area (Å²) in [6.07, 6.45) is 7.10. The Kier molecular flexibility index (Phi) is 4.85. The van der Waals surface area contributed by atoms with E-state index >= 15 is 0 Å². The third kappa shape index (κ3) is 3.55. The lowest BCUT2D eigenvalue weighted by molar-refractivity contribution is 0.104. The minimum atomic E-state index is -0.0477. The zero-order chi connectivity index (χ0) is 15.4. The first-order chi connectivity index (χ1) is 10.0. The standard InChI is InChI=1S/C16H18N2O2S/c1-11-13(10-18(2)17-11)14(19)7-5-12-6-8-16(21-4)15(9-12)20-3/h5-10H,1-4H3/b7-5+. The Labute approximate surface area is 128 Å². The molecular formula is C16H18N2O2S. The average molecular weight is 302 g/mol. The van der Waals surface area contributed by atoms with Gasteiger partial charge in [-0.15, -0.1) is 11.8 Å². The van der Waals surface area contributed by atoms with Crippen LogP contribution in [-0.4, -0.2) is 28.9 Å². The molecule has 21 heavy (non-hydrogen) atoms. The van der Waals surface area contributed by atoms with E-state index < -0.39 is 0 Å². The van der Waals surface area contributed by atoms with Gasteiger partial charge in [0.25, 0.3) is 0 Å². The zero-order valence-corrected chi connectivity index (χ0v) is 13.4. The van der Waals surface area contributed by atoms with E-state index in [1.165, 1.54) is 0 Å². The Balaban J connectivity index is 2.21. The van der Waals surface area contributed by atoms with Crippen LogP contribution < -0.4 is 4.74 Å². The maximum Gasteiger partial charge on any atom is 0.189 e. The van der Waals surface area contributed by atoms with Crippen LogP contribution in [0.4, 0.5) is 0 Å². The van der Waals surface area contributed by atoms with Crippen molar-refractivity contribution in [2.75, 3.05) is 13.4 Å². The molecule has 0 bridgehead atoms. The molecule has 0 unspecified atom stereocenters. The molecule has 0 amide bonds. The molecule has 4 nitrogen and oxygen atoms in total. The molecule has 0 spiro atoms. The third-order valence-corrected chi connectivity index (χ3v) is 3.89. The number of allylic oxidation sites excluding steroid dienone is 1. The zero-order valence-electron chi connectivity index (χ0n) is 12.6. The van der Waals surface area contributed by atoms with E-state index in [0.29, 0.717) is 5.56 Å². The molecule has 1 heterocycles. The van der Waals surface area contributed by atoms with E-state index in [-0.39, 0.29) is 5.78 Å². The second-order valence-electron chi connectivity index (χ2n) is 4.61. The van der Waals surface area contributed by atoms with Crippen LogP contribution in [0.2, 0.25) is 0 Å². The maximum absolute atomic E-state index is 12.2. The molecule has 2 aromatic rings. The highest BCUT2D eigenvalue weighted by Crippen LogP contribution is 2.28. The predicted octanol–water partition coefficient (Wildman–Crippen LogP) is 3.36. The fourth-order valence-electron chi connectivity index (χ4n) is 2.06. The Morgan fingerprint density at radius 3 is 2.76 bits per heavy atom. The molecule has 0 fully saturated rings. The van der Waals surface area contributed by atoms with Gasteiger partial charge in [0.05, 0.1) is 18.4 Å². The molecule has 0 atom stereocenters. The van der Waals surface area contributed by atoms with Crippen molar-refractivity contribution in [3.8, 4) is 5.75 Å². The molecule has 0 N–H and O–H groups in total. The van der Waals surface area contributed by atoms with Crippen LogP contribution in [0.1, 0.15) is 21.6 Å². The highest BCUT2D eigenvalue weighted by Gasteiger charge is 2.09. The number of hydrogen-bond acceptors (Lipinski definition) is 4. The van der Waals surface area contributed by atoms with Crippen molar-refractivity contribution in [3.05, 3.63) is 47.3 Å². The van der Waals surface area contributed by atoms with Crippen LogP contribution in [-0.2, 0) is 7.05 Å². The van der Waals surface area contributed by atoms with E-state index in [9.17, 15) is 4.79 Å². The van der Waals surface area contributed by atoms with Gasteiger partial charge < -0.3 is 4.74 Å². The van der Waals surface area contributed by atoms with E-state index in [0.717, 1.165) is 21.9 Å². The third-order valence-electron chi connectivity index (χ3n) is 3.11. The maximum atomic E-state index is 12.2. The van der Waals surface area contributed by atoms with Gasteiger partial charge in [-0.05, 0) is 37.0 Å². The van der Waals surface area contributed by atoms with E-state index in [1.807, 2.05) is 31.4 Å². The van der Waals surface area contributed by atoms with Crippen molar-refractivity contribution in [2.45, 2.75) is 11.8 Å². The minimum absolute atomic E-state index is 0.0477. The number of nitrogens with zero attached hydrogens (tertiary/aromatic N) is 2. The molecular weight excluding hydrogens is 284 g/mol. The first-order valence-corrected chi connectivity index (χ1v) is 7.72. The lowest BCUT2D eigenvalue weighted by Crippen LogP contribution is -1.94. The molecule has 0 aliphatic carbocycles. The second kappa shape index (κ2) is 6.63. The number of hydrogen-bond donors (Lipinski definition) is 0. The van der Waals surface area contributed by atoms with Crippen LogP contribution in [0.3, 0.4) is 0 Å². The fourth-order valence-corrected chi connectivity index (χ4v) is 2.61. The van der Waals surface area contributed by atoms with Gasteiger partial charge in [0.15, 0.2) is 5.78 Å². The van der Waals surface area contributed by atoms with Crippen LogP contribution in [0.25, 0.3) is 6.08 Å². The molecule has 0 aliphatic rings. The smallest absolute Gasteiger partial charge is 0.189 e. The SMILES string of the molecule is COc1cc(/C=C/C(=O)c2cn(C)nc2C)ccc1SC. The molecule has 1 aromatic carbocycles. The molecule has 5 heteroatoms. The summed E-state index contributed by atoms with van der Waals surface area (Å²) >= 11 is 1.63. The number of thioether (sulfide) groups is 1. The quantitative estimate of drug-likeness (QED) is 0.482. The summed E-state index contributed by atoms with van der Waals surface area (Å²) in [5.74, 6) is 0.767. The Bertz CT molecular complexity index is 690. The van der Waals surface area contributed by atoms with Crippen LogP contribution in [0, 0.1) is 6.92 Å². The second-order valence-corrected chi connectivity index (χ2v) is 5.46. The number of rotatable bonds is 5. The number of aromatic nitrogens is 2. The number of benzene rings is 1. The summed E-state index contributed by atoms with van der Waals surface area (Å²) in [5.41, 5.74) is 2.29. The molecule has 2 rings (SSSR count). The lowest BCUT2D eigenvalue weighted by Gasteiger charge is -2.06. The van der Waals surface area contributed by atoms with Gasteiger partial charge in [0.2, 0.25) is 0 Å². The summed E-state index contributed by atoms with van der Waals surface area (Å²) in [5, 5.41) is 4.18. The number of ether oxygens (including phenoxy) is 1. The summed E-state index contributed by atoms with van der Waals surface area (Å²) in [4.78, 5) is 13.2. The van der Waals surface area contributed by atoms with E-state index in [1.54, 1.807) is 49.0 Å². The Morgan fingerprint density at radius 1 is 1.43 bits per heavy atom. The van der Waals surface area contributed by atoms with Gasteiger partial charge in [-0.1, -0.05) is 12.1 Å².